The first-order chi connectivity index (χ1) is 9.08. The van der Waals surface area contributed by atoms with E-state index in [0.717, 1.165) is 25.7 Å². The number of nitrogens with one attached hydrogen (secondary N) is 1. The third-order valence-corrected chi connectivity index (χ3v) is 3.56. The highest BCUT2D eigenvalue weighted by atomic mass is 16.3. The van der Waals surface area contributed by atoms with E-state index >= 15 is 0 Å². The summed E-state index contributed by atoms with van der Waals surface area (Å²) in [5, 5.41) is 12.2. The van der Waals surface area contributed by atoms with E-state index in [1.165, 1.54) is 25.5 Å². The van der Waals surface area contributed by atoms with Gasteiger partial charge in [0.2, 0.25) is 5.91 Å². The quantitative estimate of drug-likeness (QED) is 0.649. The normalized spacial score (nSPS) is 16.1. The van der Waals surface area contributed by atoms with Gasteiger partial charge in [0.15, 0.2) is 5.78 Å². The first-order valence-electron chi connectivity index (χ1n) is 6.73. The van der Waals surface area contributed by atoms with Gasteiger partial charge in [-0.3, -0.25) is 9.59 Å². The number of rotatable bonds is 3. The minimum absolute atomic E-state index is 0.0167. The van der Waals surface area contributed by atoms with Crippen LogP contribution in [0.25, 0.3) is 0 Å². The molecule has 0 spiro atoms. The second-order valence-corrected chi connectivity index (χ2v) is 5.11. The van der Waals surface area contributed by atoms with Crippen LogP contribution in [-0.2, 0) is 4.79 Å². The van der Waals surface area contributed by atoms with Crippen LogP contribution in [0.4, 0.5) is 5.69 Å². The first kappa shape index (κ1) is 13.6. The van der Waals surface area contributed by atoms with Crippen LogP contribution < -0.4 is 5.32 Å². The van der Waals surface area contributed by atoms with Gasteiger partial charge >= 0.3 is 0 Å². The zero-order valence-electron chi connectivity index (χ0n) is 11.1. The highest BCUT2D eigenvalue weighted by Crippen LogP contribution is 2.31. The molecule has 1 amide bonds. The molecule has 2 N–H and O–H groups in total. The number of anilines is 1. The number of hydrogen-bond donors (Lipinski definition) is 2. The lowest BCUT2D eigenvalue weighted by molar-refractivity contribution is -0.114. The molecule has 1 aliphatic rings. The predicted octanol–water partition coefficient (Wildman–Crippen LogP) is 3.11. The summed E-state index contributed by atoms with van der Waals surface area (Å²) < 4.78 is 0. The summed E-state index contributed by atoms with van der Waals surface area (Å²) in [6.07, 6.45) is 5.12. The molecule has 1 fully saturated rings. The van der Waals surface area contributed by atoms with Gasteiger partial charge < -0.3 is 10.4 Å². The number of carbonyl (C=O) groups is 2. The van der Waals surface area contributed by atoms with Crippen molar-refractivity contribution in [1.82, 2.24) is 0 Å². The van der Waals surface area contributed by atoms with Gasteiger partial charge in [0, 0.05) is 18.4 Å². The standard InChI is InChI=1S/C15H19NO3/c1-10(17)16-14-8-7-12(18)9-13(14)15(19)11-5-3-2-4-6-11/h7-9,11,18H,2-6H2,1H3,(H,16,17). The third-order valence-electron chi connectivity index (χ3n) is 3.56. The molecular weight excluding hydrogens is 242 g/mol. The van der Waals surface area contributed by atoms with Crippen molar-refractivity contribution in [2.24, 2.45) is 5.92 Å². The Labute approximate surface area is 112 Å². The molecule has 1 saturated carbocycles. The lowest BCUT2D eigenvalue weighted by Gasteiger charge is -2.21. The average molecular weight is 261 g/mol. The second kappa shape index (κ2) is 5.87. The fourth-order valence-electron chi connectivity index (χ4n) is 2.62. The summed E-state index contributed by atoms with van der Waals surface area (Å²) in [5.74, 6) is -0.126. The zero-order chi connectivity index (χ0) is 13.8. The monoisotopic (exact) mass is 261 g/mol. The Bertz CT molecular complexity index is 490. The molecule has 0 heterocycles. The maximum atomic E-state index is 12.5. The van der Waals surface area contributed by atoms with Crippen LogP contribution in [0.5, 0.6) is 5.75 Å². The second-order valence-electron chi connectivity index (χ2n) is 5.11. The Balaban J connectivity index is 2.27. The first-order valence-corrected chi connectivity index (χ1v) is 6.73. The molecule has 1 aliphatic carbocycles. The van der Waals surface area contributed by atoms with Gasteiger partial charge in [-0.2, -0.15) is 0 Å². The van der Waals surface area contributed by atoms with Crippen LogP contribution in [-0.4, -0.2) is 16.8 Å². The van der Waals surface area contributed by atoms with Crippen molar-refractivity contribution in [3.05, 3.63) is 23.8 Å². The van der Waals surface area contributed by atoms with E-state index in [1.807, 2.05) is 0 Å². The van der Waals surface area contributed by atoms with E-state index in [2.05, 4.69) is 5.32 Å². The van der Waals surface area contributed by atoms with Crippen molar-refractivity contribution in [1.29, 1.82) is 0 Å². The number of phenols is 1. The number of hydrogen-bond acceptors (Lipinski definition) is 3. The van der Waals surface area contributed by atoms with Crippen LogP contribution in [0.2, 0.25) is 0 Å². The van der Waals surface area contributed by atoms with Gasteiger partial charge in [0.25, 0.3) is 0 Å². The molecule has 0 atom stereocenters. The van der Waals surface area contributed by atoms with E-state index in [9.17, 15) is 14.7 Å². The van der Waals surface area contributed by atoms with Crippen molar-refractivity contribution >= 4 is 17.4 Å². The summed E-state index contributed by atoms with van der Waals surface area (Å²) in [6, 6.07) is 4.50. The molecule has 0 aromatic heterocycles. The third kappa shape index (κ3) is 3.34. The van der Waals surface area contributed by atoms with E-state index in [1.54, 1.807) is 6.07 Å². The summed E-state index contributed by atoms with van der Waals surface area (Å²) in [5.41, 5.74) is 0.906. The number of aromatic hydroxyl groups is 1. The topological polar surface area (TPSA) is 66.4 Å². The van der Waals surface area contributed by atoms with Crippen molar-refractivity contribution in [2.75, 3.05) is 5.32 Å². The summed E-state index contributed by atoms with van der Waals surface area (Å²) in [7, 11) is 0. The van der Waals surface area contributed by atoms with E-state index in [0.29, 0.717) is 11.3 Å². The largest absolute Gasteiger partial charge is 0.508 e. The fraction of sp³-hybridized carbons (Fsp3) is 0.467. The van der Waals surface area contributed by atoms with E-state index in [4.69, 9.17) is 0 Å². The molecule has 1 aromatic rings. The van der Waals surface area contributed by atoms with Gasteiger partial charge in [0.05, 0.1) is 5.69 Å². The molecule has 2 rings (SSSR count). The Morgan fingerprint density at radius 2 is 1.89 bits per heavy atom. The molecule has 1 aromatic carbocycles. The number of benzene rings is 1. The molecule has 0 bridgehead atoms. The lowest BCUT2D eigenvalue weighted by atomic mass is 9.83. The van der Waals surface area contributed by atoms with Crippen molar-refractivity contribution in [3.8, 4) is 5.75 Å². The van der Waals surface area contributed by atoms with Crippen LogP contribution in [0, 0.1) is 5.92 Å². The van der Waals surface area contributed by atoms with Crippen molar-refractivity contribution in [2.45, 2.75) is 39.0 Å². The highest BCUT2D eigenvalue weighted by molar-refractivity contribution is 6.06. The molecule has 102 valence electrons. The minimum atomic E-state index is -0.219. The molecule has 0 aliphatic heterocycles. The SMILES string of the molecule is CC(=O)Nc1ccc(O)cc1C(=O)C1CCCCC1. The Kier molecular flexibility index (Phi) is 4.20. The van der Waals surface area contributed by atoms with Gasteiger partial charge in [-0.1, -0.05) is 19.3 Å². The van der Waals surface area contributed by atoms with Crippen molar-refractivity contribution < 1.29 is 14.7 Å². The smallest absolute Gasteiger partial charge is 0.221 e. The molecule has 19 heavy (non-hydrogen) atoms. The predicted molar refractivity (Wildman–Crippen MR) is 73.3 cm³/mol. The van der Waals surface area contributed by atoms with Crippen LogP contribution in [0.15, 0.2) is 18.2 Å². The van der Waals surface area contributed by atoms with Crippen LogP contribution >= 0.6 is 0 Å². The summed E-state index contributed by atoms with van der Waals surface area (Å²) >= 11 is 0. The number of ketones is 1. The summed E-state index contributed by atoms with van der Waals surface area (Å²) in [6.45, 7) is 1.40. The number of carbonyl (C=O) groups excluding carboxylic acids is 2. The maximum absolute atomic E-state index is 12.5. The highest BCUT2D eigenvalue weighted by Gasteiger charge is 2.24. The number of Topliss-reactive ketones (excluding diaryl/α,β-unsaturated/α-hetero) is 1. The molecule has 0 radical (unpaired) electrons. The van der Waals surface area contributed by atoms with Crippen molar-refractivity contribution in [3.63, 3.8) is 0 Å². The minimum Gasteiger partial charge on any atom is -0.508 e. The Morgan fingerprint density at radius 3 is 2.53 bits per heavy atom. The molecule has 0 saturated heterocycles. The number of phenolic OH excluding ortho intramolecular Hbond substituents is 1. The van der Waals surface area contributed by atoms with Gasteiger partial charge in [-0.15, -0.1) is 0 Å². The fourth-order valence-corrected chi connectivity index (χ4v) is 2.62. The maximum Gasteiger partial charge on any atom is 0.221 e. The molecule has 4 heteroatoms. The van der Waals surface area contributed by atoms with Crippen LogP contribution in [0.3, 0.4) is 0 Å². The molecule has 4 nitrogen and oxygen atoms in total. The van der Waals surface area contributed by atoms with Crippen LogP contribution in [0.1, 0.15) is 49.4 Å². The van der Waals surface area contributed by atoms with E-state index < -0.39 is 0 Å². The Hall–Kier alpha value is -1.84. The molecule has 0 unspecified atom stereocenters. The van der Waals surface area contributed by atoms with Gasteiger partial charge in [-0.25, -0.2) is 0 Å². The number of amides is 1. The molecular formula is C15H19NO3. The van der Waals surface area contributed by atoms with Gasteiger partial charge in [0.1, 0.15) is 5.75 Å². The average Bonchev–Trinajstić information content (AvgIpc) is 2.40. The summed E-state index contributed by atoms with van der Waals surface area (Å²) in [4.78, 5) is 23.7. The zero-order valence-corrected chi connectivity index (χ0v) is 11.1. The van der Waals surface area contributed by atoms with E-state index in [-0.39, 0.29) is 23.4 Å². The lowest BCUT2D eigenvalue weighted by Crippen LogP contribution is -2.20. The Morgan fingerprint density at radius 1 is 1.21 bits per heavy atom. The van der Waals surface area contributed by atoms with Gasteiger partial charge in [-0.05, 0) is 31.0 Å².